The minimum Gasteiger partial charge on any atom is -0.409 e. The van der Waals surface area contributed by atoms with Crippen molar-refractivity contribution in [2.24, 2.45) is 16.3 Å². The molecule has 1 aromatic rings. The van der Waals surface area contributed by atoms with Crippen LogP contribution in [-0.2, 0) is 6.42 Å². The van der Waals surface area contributed by atoms with Gasteiger partial charge in [0.15, 0.2) is 0 Å². The van der Waals surface area contributed by atoms with Crippen LogP contribution in [0.2, 0.25) is 0 Å². The molecule has 0 atom stereocenters. The molecule has 0 spiro atoms. The molecule has 18 heavy (non-hydrogen) atoms. The third-order valence-electron chi connectivity index (χ3n) is 3.22. The van der Waals surface area contributed by atoms with Crippen LogP contribution in [0.25, 0.3) is 0 Å². The lowest BCUT2D eigenvalue weighted by Gasteiger charge is -2.23. The van der Waals surface area contributed by atoms with E-state index in [0.29, 0.717) is 0 Å². The first-order chi connectivity index (χ1) is 8.49. The van der Waals surface area contributed by atoms with Crippen LogP contribution in [0.15, 0.2) is 29.4 Å². The van der Waals surface area contributed by atoms with E-state index < -0.39 is 0 Å². The first kappa shape index (κ1) is 14.4. The fourth-order valence-electron chi connectivity index (χ4n) is 1.68. The maximum Gasteiger partial charge on any atom is 0.144 e. The van der Waals surface area contributed by atoms with Crippen molar-refractivity contribution < 1.29 is 5.21 Å². The Morgan fingerprint density at radius 1 is 1.44 bits per heavy atom. The summed E-state index contributed by atoms with van der Waals surface area (Å²) in [5.74, 6) is 0.270. The van der Waals surface area contributed by atoms with Gasteiger partial charge in [-0.15, -0.1) is 0 Å². The average Bonchev–Trinajstić information content (AvgIpc) is 2.37. The number of hydrogen-bond donors (Lipinski definition) is 3. The summed E-state index contributed by atoms with van der Waals surface area (Å²) >= 11 is 0. The summed E-state index contributed by atoms with van der Waals surface area (Å²) in [5, 5.41) is 15.1. The van der Waals surface area contributed by atoms with Crippen molar-refractivity contribution >= 4 is 11.5 Å². The maximum absolute atomic E-state index is 8.70. The molecule has 0 aromatic heterocycles. The predicted octanol–water partition coefficient (Wildman–Crippen LogP) is 2.82. The Labute approximate surface area is 109 Å². The van der Waals surface area contributed by atoms with Crippen molar-refractivity contribution in [3.63, 3.8) is 0 Å². The SMILES string of the molecule is CCc1cccc(NCCC(C)(C)C(N)=NO)c1. The number of amidine groups is 1. The summed E-state index contributed by atoms with van der Waals surface area (Å²) in [4.78, 5) is 0. The molecule has 0 unspecified atom stereocenters. The molecule has 0 heterocycles. The van der Waals surface area contributed by atoms with E-state index in [4.69, 9.17) is 10.9 Å². The summed E-state index contributed by atoms with van der Waals surface area (Å²) < 4.78 is 0. The van der Waals surface area contributed by atoms with E-state index in [2.05, 4.69) is 41.7 Å². The van der Waals surface area contributed by atoms with Gasteiger partial charge in [-0.3, -0.25) is 0 Å². The van der Waals surface area contributed by atoms with Gasteiger partial charge >= 0.3 is 0 Å². The molecule has 4 heteroatoms. The van der Waals surface area contributed by atoms with Crippen LogP contribution < -0.4 is 11.1 Å². The molecule has 100 valence electrons. The average molecular weight is 249 g/mol. The summed E-state index contributed by atoms with van der Waals surface area (Å²) in [5.41, 5.74) is 7.78. The molecule has 0 saturated heterocycles. The lowest BCUT2D eigenvalue weighted by atomic mass is 9.88. The fourth-order valence-corrected chi connectivity index (χ4v) is 1.68. The molecule has 0 aliphatic heterocycles. The third kappa shape index (κ3) is 3.95. The van der Waals surface area contributed by atoms with E-state index in [1.165, 1.54) is 5.56 Å². The second-order valence-corrected chi connectivity index (χ2v) is 5.10. The number of benzene rings is 1. The summed E-state index contributed by atoms with van der Waals surface area (Å²) in [6.45, 7) is 6.86. The van der Waals surface area contributed by atoms with E-state index >= 15 is 0 Å². The van der Waals surface area contributed by atoms with Crippen LogP contribution in [0.3, 0.4) is 0 Å². The molecular weight excluding hydrogens is 226 g/mol. The minimum absolute atomic E-state index is 0.270. The number of nitrogens with one attached hydrogen (secondary N) is 1. The van der Waals surface area contributed by atoms with Gasteiger partial charge < -0.3 is 16.3 Å². The van der Waals surface area contributed by atoms with E-state index in [-0.39, 0.29) is 11.3 Å². The van der Waals surface area contributed by atoms with Gasteiger partial charge in [-0.2, -0.15) is 0 Å². The highest BCUT2D eigenvalue weighted by molar-refractivity contribution is 5.85. The van der Waals surface area contributed by atoms with Crippen LogP contribution in [0.4, 0.5) is 5.69 Å². The number of rotatable bonds is 6. The van der Waals surface area contributed by atoms with Crippen molar-refractivity contribution in [1.82, 2.24) is 0 Å². The van der Waals surface area contributed by atoms with E-state index in [9.17, 15) is 0 Å². The third-order valence-corrected chi connectivity index (χ3v) is 3.22. The predicted molar refractivity (Wildman–Crippen MR) is 76.1 cm³/mol. The molecule has 0 amide bonds. The van der Waals surface area contributed by atoms with Gasteiger partial charge in [0, 0.05) is 17.6 Å². The Morgan fingerprint density at radius 3 is 2.78 bits per heavy atom. The van der Waals surface area contributed by atoms with E-state index in [1.807, 2.05) is 13.8 Å². The lowest BCUT2D eigenvalue weighted by molar-refractivity contribution is 0.306. The Hall–Kier alpha value is -1.71. The maximum atomic E-state index is 8.70. The summed E-state index contributed by atoms with van der Waals surface area (Å²) in [7, 11) is 0. The summed E-state index contributed by atoms with van der Waals surface area (Å²) in [6.07, 6.45) is 1.84. The highest BCUT2D eigenvalue weighted by atomic mass is 16.4. The van der Waals surface area contributed by atoms with Gasteiger partial charge in [0.1, 0.15) is 5.84 Å². The number of aryl methyl sites for hydroxylation is 1. The van der Waals surface area contributed by atoms with Crippen LogP contribution in [0, 0.1) is 5.41 Å². The normalized spacial score (nSPS) is 12.5. The largest absolute Gasteiger partial charge is 0.409 e. The number of hydrogen-bond acceptors (Lipinski definition) is 3. The topological polar surface area (TPSA) is 70.6 Å². The molecule has 0 aliphatic rings. The van der Waals surface area contributed by atoms with Crippen LogP contribution in [0.5, 0.6) is 0 Å². The number of anilines is 1. The zero-order valence-electron chi connectivity index (χ0n) is 11.4. The highest BCUT2D eigenvalue weighted by Crippen LogP contribution is 2.20. The van der Waals surface area contributed by atoms with Gasteiger partial charge in [-0.25, -0.2) is 0 Å². The van der Waals surface area contributed by atoms with Crippen molar-refractivity contribution in [3.05, 3.63) is 29.8 Å². The van der Waals surface area contributed by atoms with Crippen molar-refractivity contribution in [3.8, 4) is 0 Å². The second-order valence-electron chi connectivity index (χ2n) is 5.10. The monoisotopic (exact) mass is 249 g/mol. The molecule has 1 rings (SSSR count). The summed E-state index contributed by atoms with van der Waals surface area (Å²) in [6, 6.07) is 8.37. The molecule has 0 radical (unpaired) electrons. The molecular formula is C14H23N3O. The first-order valence-electron chi connectivity index (χ1n) is 6.30. The van der Waals surface area contributed by atoms with Gasteiger partial charge in [-0.05, 0) is 30.5 Å². The van der Waals surface area contributed by atoms with Gasteiger partial charge in [0.2, 0.25) is 0 Å². The zero-order chi connectivity index (χ0) is 13.6. The van der Waals surface area contributed by atoms with Crippen LogP contribution >= 0.6 is 0 Å². The number of oxime groups is 1. The molecule has 0 saturated carbocycles. The molecule has 0 aliphatic carbocycles. The van der Waals surface area contributed by atoms with Crippen LogP contribution in [0.1, 0.15) is 32.8 Å². The second kappa shape index (κ2) is 6.28. The van der Waals surface area contributed by atoms with Gasteiger partial charge in [-0.1, -0.05) is 38.1 Å². The molecule has 4 nitrogen and oxygen atoms in total. The van der Waals surface area contributed by atoms with Gasteiger partial charge in [0.25, 0.3) is 0 Å². The van der Waals surface area contributed by atoms with Crippen molar-refractivity contribution in [2.75, 3.05) is 11.9 Å². The van der Waals surface area contributed by atoms with Crippen molar-refractivity contribution in [2.45, 2.75) is 33.6 Å². The Morgan fingerprint density at radius 2 is 2.17 bits per heavy atom. The number of nitrogens with two attached hydrogens (primary N) is 1. The van der Waals surface area contributed by atoms with E-state index in [0.717, 1.165) is 25.1 Å². The fraction of sp³-hybridized carbons (Fsp3) is 0.500. The minimum atomic E-state index is -0.301. The molecule has 0 bridgehead atoms. The Balaban J connectivity index is 2.51. The zero-order valence-corrected chi connectivity index (χ0v) is 11.4. The van der Waals surface area contributed by atoms with Crippen molar-refractivity contribution in [1.29, 1.82) is 0 Å². The molecule has 4 N–H and O–H groups in total. The Kier molecular flexibility index (Phi) is 5.01. The lowest BCUT2D eigenvalue weighted by Crippen LogP contribution is -2.33. The molecule has 0 fully saturated rings. The molecule has 1 aromatic carbocycles. The smallest absolute Gasteiger partial charge is 0.144 e. The van der Waals surface area contributed by atoms with Gasteiger partial charge in [0.05, 0.1) is 0 Å². The van der Waals surface area contributed by atoms with E-state index in [1.54, 1.807) is 0 Å². The number of nitrogens with zero attached hydrogens (tertiary/aromatic N) is 1. The Bertz CT molecular complexity index is 413. The van der Waals surface area contributed by atoms with Crippen LogP contribution in [-0.4, -0.2) is 17.6 Å². The quantitative estimate of drug-likeness (QED) is 0.314. The first-order valence-corrected chi connectivity index (χ1v) is 6.30. The standard InChI is InChI=1S/C14H23N3O/c1-4-11-6-5-7-12(10-11)16-9-8-14(2,3)13(15)17-18/h5-7,10,16,18H,4,8-9H2,1-3H3,(H2,15,17). The highest BCUT2D eigenvalue weighted by Gasteiger charge is 2.22.